The lowest BCUT2D eigenvalue weighted by Gasteiger charge is -2.06. The molecule has 14 heavy (non-hydrogen) atoms. The van der Waals surface area contributed by atoms with Crippen LogP contribution in [0.4, 0.5) is 0 Å². The molecule has 1 aromatic carbocycles. The Bertz CT molecular complexity index is 396. The van der Waals surface area contributed by atoms with Gasteiger partial charge >= 0.3 is 0 Å². The van der Waals surface area contributed by atoms with E-state index in [-0.39, 0.29) is 5.75 Å². The Labute approximate surface area is 84.8 Å². The molecule has 0 bridgehead atoms. The van der Waals surface area contributed by atoms with Crippen molar-refractivity contribution in [2.24, 2.45) is 0 Å². The van der Waals surface area contributed by atoms with Crippen molar-refractivity contribution in [3.05, 3.63) is 35.4 Å². The third-order valence-corrected chi connectivity index (χ3v) is 3.26. The monoisotopic (exact) mass is 214 g/mol. The predicted molar refractivity (Wildman–Crippen MR) is 55.5 cm³/mol. The van der Waals surface area contributed by atoms with Crippen molar-refractivity contribution in [1.82, 2.24) is 0 Å². The minimum Gasteiger partial charge on any atom is -0.273 e. The van der Waals surface area contributed by atoms with Gasteiger partial charge in [-0.2, -0.15) is 8.42 Å². The molecule has 0 spiro atoms. The fourth-order valence-corrected chi connectivity index (χ4v) is 2.07. The maximum Gasteiger partial charge on any atom is 0.271 e. The van der Waals surface area contributed by atoms with Gasteiger partial charge in [-0.05, 0) is 17.5 Å². The molecule has 0 heterocycles. The van der Waals surface area contributed by atoms with Gasteiger partial charge in [0.05, 0.1) is 7.11 Å². The van der Waals surface area contributed by atoms with Gasteiger partial charge in [0.1, 0.15) is 5.75 Å². The van der Waals surface area contributed by atoms with E-state index in [0.29, 0.717) is 0 Å². The normalized spacial score (nSPS) is 11.6. The first-order chi connectivity index (χ1) is 6.59. The second kappa shape index (κ2) is 4.57. The minimum absolute atomic E-state index is 0.0481. The summed E-state index contributed by atoms with van der Waals surface area (Å²) >= 11 is 0. The van der Waals surface area contributed by atoms with Crippen molar-refractivity contribution in [3.8, 4) is 0 Å². The molecule has 0 fully saturated rings. The molecule has 0 N–H and O–H groups in total. The van der Waals surface area contributed by atoms with E-state index in [1.807, 2.05) is 31.2 Å². The summed E-state index contributed by atoms with van der Waals surface area (Å²) in [6, 6.07) is 7.48. The SMILES string of the molecule is CCc1ccccc1CS(=O)(=O)OC. The highest BCUT2D eigenvalue weighted by atomic mass is 32.2. The van der Waals surface area contributed by atoms with Crippen molar-refractivity contribution in [2.75, 3.05) is 7.11 Å². The van der Waals surface area contributed by atoms with Gasteiger partial charge in [-0.25, -0.2) is 0 Å². The standard InChI is InChI=1S/C10H14O3S/c1-3-9-6-4-5-7-10(9)8-14(11,12)13-2/h4-7H,3,8H2,1-2H3. The second-order valence-corrected chi connectivity index (χ2v) is 4.73. The van der Waals surface area contributed by atoms with E-state index < -0.39 is 10.1 Å². The largest absolute Gasteiger partial charge is 0.273 e. The Morgan fingerprint density at radius 1 is 1.21 bits per heavy atom. The molecule has 0 aliphatic carbocycles. The van der Waals surface area contributed by atoms with Crippen LogP contribution in [0.5, 0.6) is 0 Å². The van der Waals surface area contributed by atoms with Crippen LogP contribution < -0.4 is 0 Å². The summed E-state index contributed by atoms with van der Waals surface area (Å²) in [6.07, 6.45) is 0.829. The molecule has 1 aromatic rings. The molecule has 0 unspecified atom stereocenters. The highest BCUT2D eigenvalue weighted by Crippen LogP contribution is 2.13. The zero-order valence-corrected chi connectivity index (χ0v) is 9.17. The first-order valence-electron chi connectivity index (χ1n) is 4.44. The Morgan fingerprint density at radius 2 is 1.79 bits per heavy atom. The van der Waals surface area contributed by atoms with Crippen LogP contribution in [0.1, 0.15) is 18.1 Å². The molecule has 78 valence electrons. The molecule has 0 radical (unpaired) electrons. The van der Waals surface area contributed by atoms with E-state index in [0.717, 1.165) is 17.5 Å². The van der Waals surface area contributed by atoms with E-state index in [1.54, 1.807) is 0 Å². The summed E-state index contributed by atoms with van der Waals surface area (Å²) in [5, 5.41) is 0. The molecule has 3 nitrogen and oxygen atoms in total. The van der Waals surface area contributed by atoms with Crippen LogP contribution in [0.25, 0.3) is 0 Å². The van der Waals surface area contributed by atoms with Crippen LogP contribution >= 0.6 is 0 Å². The molecule has 0 aromatic heterocycles. The van der Waals surface area contributed by atoms with Crippen LogP contribution in [0, 0.1) is 0 Å². The fraction of sp³-hybridized carbons (Fsp3) is 0.400. The molecule has 0 amide bonds. The molecule has 0 aliphatic heterocycles. The van der Waals surface area contributed by atoms with Crippen LogP contribution in [-0.2, 0) is 26.5 Å². The van der Waals surface area contributed by atoms with E-state index in [4.69, 9.17) is 0 Å². The van der Waals surface area contributed by atoms with Crippen LogP contribution in [0.3, 0.4) is 0 Å². The maximum absolute atomic E-state index is 11.2. The Hall–Kier alpha value is -0.870. The summed E-state index contributed by atoms with van der Waals surface area (Å²) in [4.78, 5) is 0. The average molecular weight is 214 g/mol. The summed E-state index contributed by atoms with van der Waals surface area (Å²) in [7, 11) is -2.22. The lowest BCUT2D eigenvalue weighted by Crippen LogP contribution is -2.07. The first-order valence-corrected chi connectivity index (χ1v) is 6.02. The molecule has 4 heteroatoms. The highest BCUT2D eigenvalue weighted by molar-refractivity contribution is 7.85. The lowest BCUT2D eigenvalue weighted by atomic mass is 10.1. The second-order valence-electron chi connectivity index (χ2n) is 2.99. The van der Waals surface area contributed by atoms with Gasteiger partial charge in [0.15, 0.2) is 0 Å². The summed E-state index contributed by atoms with van der Waals surface area (Å²) in [5.41, 5.74) is 1.87. The lowest BCUT2D eigenvalue weighted by molar-refractivity contribution is 0.397. The summed E-state index contributed by atoms with van der Waals surface area (Å²) < 4.78 is 26.8. The van der Waals surface area contributed by atoms with Gasteiger partial charge < -0.3 is 0 Å². The molecular weight excluding hydrogens is 200 g/mol. The summed E-state index contributed by atoms with van der Waals surface area (Å²) in [5.74, 6) is -0.0481. The molecule has 0 aliphatic rings. The third kappa shape index (κ3) is 2.82. The Balaban J connectivity index is 2.97. The average Bonchev–Trinajstić information content (AvgIpc) is 2.18. The van der Waals surface area contributed by atoms with Gasteiger partial charge in [0, 0.05) is 0 Å². The summed E-state index contributed by atoms with van der Waals surface area (Å²) in [6.45, 7) is 2.00. The molecule has 0 saturated carbocycles. The molecule has 1 rings (SSSR count). The quantitative estimate of drug-likeness (QED) is 0.717. The number of benzene rings is 1. The predicted octanol–water partition coefficient (Wildman–Crippen LogP) is 1.73. The van der Waals surface area contributed by atoms with Crippen LogP contribution in [0.2, 0.25) is 0 Å². The van der Waals surface area contributed by atoms with Crippen LogP contribution in [0.15, 0.2) is 24.3 Å². The molecule has 0 saturated heterocycles. The van der Waals surface area contributed by atoms with Gasteiger partial charge in [-0.3, -0.25) is 4.18 Å². The topological polar surface area (TPSA) is 43.4 Å². The van der Waals surface area contributed by atoms with Gasteiger partial charge in [0.2, 0.25) is 0 Å². The Kier molecular flexibility index (Phi) is 3.66. The van der Waals surface area contributed by atoms with Crippen molar-refractivity contribution in [2.45, 2.75) is 19.1 Å². The van der Waals surface area contributed by atoms with Crippen molar-refractivity contribution in [1.29, 1.82) is 0 Å². The molecule has 0 atom stereocenters. The highest BCUT2D eigenvalue weighted by Gasteiger charge is 2.11. The van der Waals surface area contributed by atoms with Crippen molar-refractivity contribution < 1.29 is 12.6 Å². The smallest absolute Gasteiger partial charge is 0.271 e. The van der Waals surface area contributed by atoms with Crippen molar-refractivity contribution in [3.63, 3.8) is 0 Å². The zero-order chi connectivity index (χ0) is 10.6. The van der Waals surface area contributed by atoms with Crippen LogP contribution in [-0.4, -0.2) is 15.5 Å². The zero-order valence-electron chi connectivity index (χ0n) is 8.36. The van der Waals surface area contributed by atoms with Gasteiger partial charge in [-0.1, -0.05) is 31.2 Å². The van der Waals surface area contributed by atoms with E-state index in [9.17, 15) is 8.42 Å². The fourth-order valence-electron chi connectivity index (χ4n) is 1.29. The van der Waals surface area contributed by atoms with E-state index in [2.05, 4.69) is 4.18 Å². The van der Waals surface area contributed by atoms with E-state index >= 15 is 0 Å². The van der Waals surface area contributed by atoms with E-state index in [1.165, 1.54) is 7.11 Å². The first kappa shape index (κ1) is 11.2. The van der Waals surface area contributed by atoms with Crippen molar-refractivity contribution >= 4 is 10.1 Å². The number of hydrogen-bond acceptors (Lipinski definition) is 3. The van der Waals surface area contributed by atoms with Gasteiger partial charge in [-0.15, -0.1) is 0 Å². The third-order valence-electron chi connectivity index (χ3n) is 2.09. The van der Waals surface area contributed by atoms with Gasteiger partial charge in [0.25, 0.3) is 10.1 Å². The number of aryl methyl sites for hydroxylation is 1. The minimum atomic E-state index is -3.41. The molecular formula is C10H14O3S. The Morgan fingerprint density at radius 3 is 2.29 bits per heavy atom. The maximum atomic E-state index is 11.2. The number of rotatable bonds is 4. The number of hydrogen-bond donors (Lipinski definition) is 0.